The standard InChI is InChI=1S/C26H24N4O2S2/c27-24(20-8-4-7-19(14-20)18-5-2-1-3-6-18)21(13-17-9-11-22(34-28)12-10-17)15-29-26-30-23(16-33-26)25(31)32/h1-12,14-16,26-27,29-30H,13,28H2,(H,31,32)/b21-15-,27-24?. The van der Waals surface area contributed by atoms with E-state index in [2.05, 4.69) is 10.6 Å². The van der Waals surface area contributed by atoms with Gasteiger partial charge in [0.25, 0.3) is 0 Å². The van der Waals surface area contributed by atoms with Crippen molar-refractivity contribution >= 4 is 35.4 Å². The molecule has 0 amide bonds. The molecule has 0 saturated heterocycles. The van der Waals surface area contributed by atoms with Crippen LogP contribution in [0.2, 0.25) is 0 Å². The van der Waals surface area contributed by atoms with Crippen LogP contribution in [0.5, 0.6) is 0 Å². The van der Waals surface area contributed by atoms with Crippen molar-refractivity contribution in [3.63, 3.8) is 0 Å². The van der Waals surface area contributed by atoms with E-state index < -0.39 is 5.97 Å². The molecular weight excluding hydrogens is 464 g/mol. The molecule has 0 saturated carbocycles. The number of carbonyl (C=O) groups is 1. The van der Waals surface area contributed by atoms with Crippen LogP contribution in [-0.4, -0.2) is 22.3 Å². The molecule has 6 nitrogen and oxygen atoms in total. The molecule has 34 heavy (non-hydrogen) atoms. The number of hydrogen-bond donors (Lipinski definition) is 5. The zero-order valence-corrected chi connectivity index (χ0v) is 19.8. The number of thioether (sulfide) groups is 1. The van der Waals surface area contributed by atoms with Crippen molar-refractivity contribution in [3.05, 3.63) is 113 Å². The molecule has 1 atom stereocenters. The highest BCUT2D eigenvalue weighted by Crippen LogP contribution is 2.24. The number of hydrogen-bond acceptors (Lipinski definition) is 7. The van der Waals surface area contributed by atoms with Gasteiger partial charge in [-0.05, 0) is 52.4 Å². The summed E-state index contributed by atoms with van der Waals surface area (Å²) < 4.78 is 0. The lowest BCUT2D eigenvalue weighted by Gasteiger charge is -2.16. The summed E-state index contributed by atoms with van der Waals surface area (Å²) in [5.74, 6) is -0.996. The number of carboxylic acids is 1. The average molecular weight is 489 g/mol. The monoisotopic (exact) mass is 488 g/mol. The summed E-state index contributed by atoms with van der Waals surface area (Å²) in [7, 11) is 0. The van der Waals surface area contributed by atoms with Crippen LogP contribution in [0, 0.1) is 5.41 Å². The minimum Gasteiger partial charge on any atom is -0.477 e. The van der Waals surface area contributed by atoms with E-state index in [1.165, 1.54) is 23.7 Å². The fourth-order valence-electron chi connectivity index (χ4n) is 3.50. The summed E-state index contributed by atoms with van der Waals surface area (Å²) in [5, 5.41) is 31.5. The Morgan fingerprint density at radius 1 is 1.09 bits per heavy atom. The average Bonchev–Trinajstić information content (AvgIpc) is 3.37. The highest BCUT2D eigenvalue weighted by Gasteiger charge is 2.20. The Labute approximate surface area is 207 Å². The van der Waals surface area contributed by atoms with Crippen LogP contribution in [0.4, 0.5) is 0 Å². The molecule has 0 aromatic heterocycles. The SMILES string of the molecule is N=C(/C(=C\NC1NC(C(=O)O)=CS1)Cc1ccc(SN)cc1)c1cccc(-c2ccccc2)c1. The second-order valence-corrected chi connectivity index (χ2v) is 9.28. The third-order valence-electron chi connectivity index (χ3n) is 5.28. The molecule has 3 aromatic carbocycles. The van der Waals surface area contributed by atoms with Gasteiger partial charge in [0.2, 0.25) is 0 Å². The maximum absolute atomic E-state index is 11.2. The van der Waals surface area contributed by atoms with Crippen LogP contribution in [0.1, 0.15) is 11.1 Å². The summed E-state index contributed by atoms with van der Waals surface area (Å²) in [6.45, 7) is 0. The Morgan fingerprint density at radius 3 is 2.50 bits per heavy atom. The van der Waals surface area contributed by atoms with Crippen LogP contribution in [-0.2, 0) is 11.2 Å². The molecule has 1 aliphatic rings. The molecule has 1 heterocycles. The van der Waals surface area contributed by atoms with Gasteiger partial charge < -0.3 is 15.7 Å². The molecular formula is C26H24N4O2S2. The Bertz CT molecular complexity index is 1240. The Hall–Kier alpha value is -3.46. The minimum atomic E-state index is -0.996. The summed E-state index contributed by atoms with van der Waals surface area (Å²) in [4.78, 5) is 12.2. The smallest absolute Gasteiger partial charge is 0.352 e. The molecule has 3 aromatic rings. The normalized spacial score (nSPS) is 15.4. The first-order valence-corrected chi connectivity index (χ1v) is 12.4. The molecule has 0 aliphatic carbocycles. The van der Waals surface area contributed by atoms with Gasteiger partial charge in [-0.15, -0.1) is 0 Å². The quantitative estimate of drug-likeness (QED) is 0.214. The van der Waals surface area contributed by atoms with Crippen molar-refractivity contribution in [2.24, 2.45) is 5.14 Å². The van der Waals surface area contributed by atoms with Crippen molar-refractivity contribution in [2.45, 2.75) is 16.8 Å². The first-order valence-electron chi connectivity index (χ1n) is 10.5. The highest BCUT2D eigenvalue weighted by molar-refractivity contribution is 8.02. The van der Waals surface area contributed by atoms with E-state index in [4.69, 9.17) is 10.5 Å². The Morgan fingerprint density at radius 2 is 1.82 bits per heavy atom. The van der Waals surface area contributed by atoms with E-state index in [9.17, 15) is 9.90 Å². The summed E-state index contributed by atoms with van der Waals surface area (Å²) in [6.07, 6.45) is 2.33. The van der Waals surface area contributed by atoms with E-state index >= 15 is 0 Å². The zero-order valence-electron chi connectivity index (χ0n) is 18.2. The number of allylic oxidation sites excluding steroid dienone is 1. The second-order valence-electron chi connectivity index (χ2n) is 7.59. The number of nitrogens with two attached hydrogens (primary N) is 1. The number of nitrogens with one attached hydrogen (secondary N) is 3. The predicted octanol–water partition coefficient (Wildman–Crippen LogP) is 4.95. The third-order valence-corrected chi connectivity index (χ3v) is 6.72. The highest BCUT2D eigenvalue weighted by atomic mass is 32.2. The van der Waals surface area contributed by atoms with Crippen LogP contribution in [0.25, 0.3) is 11.1 Å². The molecule has 1 aliphatic heterocycles. The summed E-state index contributed by atoms with van der Waals surface area (Å²) >= 11 is 2.54. The van der Waals surface area contributed by atoms with Crippen molar-refractivity contribution in [3.8, 4) is 11.1 Å². The maximum atomic E-state index is 11.2. The number of benzene rings is 3. The van der Waals surface area contributed by atoms with Gasteiger partial charge in [0.15, 0.2) is 0 Å². The molecule has 8 heteroatoms. The minimum absolute atomic E-state index is 0.151. The van der Waals surface area contributed by atoms with Crippen LogP contribution >= 0.6 is 23.7 Å². The van der Waals surface area contributed by atoms with Gasteiger partial charge in [0, 0.05) is 28.5 Å². The third kappa shape index (κ3) is 5.91. The summed E-state index contributed by atoms with van der Waals surface area (Å²) in [5.41, 5.74) is 5.00. The Kier molecular flexibility index (Phi) is 7.74. The van der Waals surface area contributed by atoms with E-state index in [0.29, 0.717) is 12.1 Å². The molecule has 1 unspecified atom stereocenters. The van der Waals surface area contributed by atoms with Gasteiger partial charge in [0.1, 0.15) is 11.2 Å². The first-order chi connectivity index (χ1) is 16.5. The molecule has 0 spiro atoms. The van der Waals surface area contributed by atoms with Crippen molar-refractivity contribution < 1.29 is 9.90 Å². The van der Waals surface area contributed by atoms with E-state index in [0.717, 1.165) is 32.7 Å². The topological polar surface area (TPSA) is 111 Å². The Balaban J connectivity index is 1.59. The predicted molar refractivity (Wildman–Crippen MR) is 140 cm³/mol. The lowest BCUT2D eigenvalue weighted by Crippen LogP contribution is -2.34. The lowest BCUT2D eigenvalue weighted by molar-refractivity contribution is -0.133. The number of rotatable bonds is 9. The molecule has 0 fully saturated rings. The van der Waals surface area contributed by atoms with E-state index in [1.807, 2.05) is 78.9 Å². The lowest BCUT2D eigenvalue weighted by atomic mass is 9.94. The molecule has 0 radical (unpaired) electrons. The van der Waals surface area contributed by atoms with Gasteiger partial charge in [0.05, 0.1) is 5.71 Å². The zero-order chi connectivity index (χ0) is 23.9. The molecule has 6 N–H and O–H groups in total. The van der Waals surface area contributed by atoms with E-state index in [-0.39, 0.29) is 11.2 Å². The fraction of sp³-hybridized carbons (Fsp3) is 0.0769. The second kappa shape index (κ2) is 11.1. The molecule has 0 bridgehead atoms. The van der Waals surface area contributed by atoms with Crippen LogP contribution < -0.4 is 15.8 Å². The molecule has 4 rings (SSSR count). The van der Waals surface area contributed by atoms with Gasteiger partial charge in [-0.3, -0.25) is 10.5 Å². The van der Waals surface area contributed by atoms with Crippen molar-refractivity contribution in [1.82, 2.24) is 10.6 Å². The van der Waals surface area contributed by atoms with Gasteiger partial charge in [-0.25, -0.2) is 4.79 Å². The first kappa shape index (κ1) is 23.7. The van der Waals surface area contributed by atoms with Crippen LogP contribution in [0.15, 0.2) is 107 Å². The molecule has 172 valence electrons. The summed E-state index contributed by atoms with van der Waals surface area (Å²) in [6, 6.07) is 26.0. The fourth-order valence-corrected chi connectivity index (χ4v) is 4.58. The van der Waals surface area contributed by atoms with Crippen LogP contribution in [0.3, 0.4) is 0 Å². The number of aliphatic carboxylic acids is 1. The van der Waals surface area contributed by atoms with Gasteiger partial charge in [-0.1, -0.05) is 72.4 Å². The maximum Gasteiger partial charge on any atom is 0.352 e. The van der Waals surface area contributed by atoms with Crippen molar-refractivity contribution in [2.75, 3.05) is 0 Å². The van der Waals surface area contributed by atoms with E-state index in [1.54, 1.807) is 11.6 Å². The van der Waals surface area contributed by atoms with Gasteiger partial charge in [-0.2, -0.15) is 0 Å². The number of carboxylic acid groups (broad SMARTS) is 1. The largest absolute Gasteiger partial charge is 0.477 e. The van der Waals surface area contributed by atoms with Gasteiger partial charge >= 0.3 is 5.97 Å². The van der Waals surface area contributed by atoms with Crippen molar-refractivity contribution in [1.29, 1.82) is 5.41 Å².